The fourth-order valence-electron chi connectivity index (χ4n) is 4.93. The Morgan fingerprint density at radius 2 is 0.618 bits per heavy atom. The molecule has 0 amide bonds. The van der Waals surface area contributed by atoms with Crippen LogP contribution in [0.25, 0.3) is 11.1 Å². The summed E-state index contributed by atoms with van der Waals surface area (Å²) in [6.07, 6.45) is 0. The molecule has 0 N–H and O–H groups in total. The standard InChI is InChI=1S/C28H12Cl4O2/c29-17-9-1-5-13-21(14-6-2-10-18(30)24(14)27(33)23(13)17)22-15-7-3-11-19(31)25(15)28(34)26-16(22)8-4-12-20(26)32/h1-12H. The molecule has 0 aliphatic heterocycles. The van der Waals surface area contributed by atoms with Gasteiger partial charge in [0, 0.05) is 22.3 Å². The molecule has 0 aromatic heterocycles. The van der Waals surface area contributed by atoms with Gasteiger partial charge in [0.15, 0.2) is 11.6 Å². The number of carbonyl (C=O) groups is 2. The second-order valence-corrected chi connectivity index (χ2v) is 9.69. The molecule has 2 aliphatic carbocycles. The summed E-state index contributed by atoms with van der Waals surface area (Å²) in [6, 6.07) is 21.4. The molecule has 0 bridgehead atoms. The lowest BCUT2D eigenvalue weighted by Crippen LogP contribution is -2.20. The number of hydrogen-bond acceptors (Lipinski definition) is 2. The predicted molar refractivity (Wildman–Crippen MR) is 138 cm³/mol. The van der Waals surface area contributed by atoms with Crippen LogP contribution in [0.4, 0.5) is 0 Å². The van der Waals surface area contributed by atoms with E-state index >= 15 is 0 Å². The molecule has 0 unspecified atom stereocenters. The number of benzene rings is 4. The van der Waals surface area contributed by atoms with Crippen LogP contribution in [0.3, 0.4) is 0 Å². The van der Waals surface area contributed by atoms with Crippen molar-refractivity contribution >= 4 is 69.1 Å². The zero-order valence-corrected chi connectivity index (χ0v) is 20.3. The van der Waals surface area contributed by atoms with E-state index in [0.717, 1.165) is 11.1 Å². The molecule has 0 atom stereocenters. The predicted octanol–water partition coefficient (Wildman–Crippen LogP) is 8.40. The number of carbonyl (C=O) groups excluding carboxylic acids is 2. The Morgan fingerprint density at radius 1 is 0.382 bits per heavy atom. The van der Waals surface area contributed by atoms with Crippen LogP contribution in [-0.4, -0.2) is 11.6 Å². The second-order valence-electron chi connectivity index (χ2n) is 8.06. The lowest BCUT2D eigenvalue weighted by molar-refractivity contribution is 0.102. The van der Waals surface area contributed by atoms with E-state index in [-0.39, 0.29) is 11.6 Å². The van der Waals surface area contributed by atoms with Crippen molar-refractivity contribution in [2.75, 3.05) is 0 Å². The van der Waals surface area contributed by atoms with Gasteiger partial charge in [0.05, 0.1) is 20.1 Å². The van der Waals surface area contributed by atoms with Crippen LogP contribution in [-0.2, 0) is 0 Å². The van der Waals surface area contributed by atoms with Gasteiger partial charge in [-0.2, -0.15) is 0 Å². The molecule has 34 heavy (non-hydrogen) atoms. The lowest BCUT2D eigenvalue weighted by atomic mass is 9.72. The minimum Gasteiger partial charge on any atom is -0.288 e. The molecule has 4 aromatic rings. The molecule has 0 saturated carbocycles. The highest BCUT2D eigenvalue weighted by atomic mass is 35.5. The van der Waals surface area contributed by atoms with E-state index in [1.165, 1.54) is 0 Å². The van der Waals surface area contributed by atoms with E-state index in [9.17, 15) is 9.59 Å². The Balaban J connectivity index is 1.89. The molecule has 0 heterocycles. The summed E-state index contributed by atoms with van der Waals surface area (Å²) in [5, 5.41) is 1.32. The number of halogens is 4. The Bertz CT molecular complexity index is 1400. The molecule has 2 nitrogen and oxygen atoms in total. The van der Waals surface area contributed by atoms with Crippen molar-refractivity contribution in [3.63, 3.8) is 0 Å². The smallest absolute Gasteiger partial charge is 0.197 e. The van der Waals surface area contributed by atoms with Crippen molar-refractivity contribution in [3.05, 3.63) is 137 Å². The number of ketones is 2. The molecule has 0 radical (unpaired) electrons. The monoisotopic (exact) mass is 520 g/mol. The van der Waals surface area contributed by atoms with Gasteiger partial charge in [-0.1, -0.05) is 94.9 Å². The summed E-state index contributed by atoms with van der Waals surface area (Å²) >= 11 is 26.2. The zero-order chi connectivity index (χ0) is 23.7. The van der Waals surface area contributed by atoms with Crippen molar-refractivity contribution in [1.82, 2.24) is 0 Å². The van der Waals surface area contributed by atoms with Gasteiger partial charge in [0.25, 0.3) is 0 Å². The summed E-state index contributed by atoms with van der Waals surface area (Å²) in [7, 11) is 0. The van der Waals surface area contributed by atoms with E-state index in [1.54, 1.807) is 48.5 Å². The van der Waals surface area contributed by atoms with E-state index < -0.39 is 0 Å². The summed E-state index contributed by atoms with van der Waals surface area (Å²) in [5.41, 5.74) is 5.62. The van der Waals surface area contributed by atoms with E-state index in [2.05, 4.69) is 0 Å². The average Bonchev–Trinajstić information content (AvgIpc) is 2.80. The summed E-state index contributed by atoms with van der Waals surface area (Å²) < 4.78 is 0. The summed E-state index contributed by atoms with van der Waals surface area (Å²) in [6.45, 7) is 0. The second kappa shape index (κ2) is 7.83. The molecular weight excluding hydrogens is 510 g/mol. The van der Waals surface area contributed by atoms with Crippen LogP contribution in [0, 0.1) is 0 Å². The largest absolute Gasteiger partial charge is 0.288 e. The molecule has 6 heteroatoms. The molecular formula is C28H12Cl4O2. The van der Waals surface area contributed by atoms with Crippen molar-refractivity contribution in [3.8, 4) is 0 Å². The van der Waals surface area contributed by atoms with E-state index in [4.69, 9.17) is 46.4 Å². The zero-order valence-electron chi connectivity index (χ0n) is 17.3. The lowest BCUT2D eigenvalue weighted by Gasteiger charge is -2.30. The van der Waals surface area contributed by atoms with Gasteiger partial charge in [-0.3, -0.25) is 9.59 Å². The Hall–Kier alpha value is -2.88. The maximum atomic E-state index is 13.5. The fraction of sp³-hybridized carbons (Fsp3) is 0. The third kappa shape index (κ3) is 2.90. The Kier molecular flexibility index (Phi) is 4.98. The first-order chi connectivity index (χ1) is 16.4. The van der Waals surface area contributed by atoms with Crippen LogP contribution in [0.15, 0.2) is 72.8 Å². The van der Waals surface area contributed by atoms with Gasteiger partial charge < -0.3 is 0 Å². The summed E-state index contributed by atoms with van der Waals surface area (Å²) in [5.74, 6) is -0.481. The van der Waals surface area contributed by atoms with Crippen molar-refractivity contribution in [1.29, 1.82) is 0 Å². The molecule has 0 fully saturated rings. The average molecular weight is 522 g/mol. The topological polar surface area (TPSA) is 34.1 Å². The SMILES string of the molecule is O=C1c2c(Cl)cccc2C(=C2c3cccc(Cl)c3C(=O)c3c(Cl)cccc32)c2cccc(Cl)c21. The molecule has 6 rings (SSSR count). The first kappa shape index (κ1) is 21.6. The van der Waals surface area contributed by atoms with Gasteiger partial charge in [-0.25, -0.2) is 0 Å². The highest BCUT2D eigenvalue weighted by Gasteiger charge is 2.37. The minimum atomic E-state index is -0.241. The normalized spacial score (nSPS) is 13.9. The number of hydrogen-bond donors (Lipinski definition) is 0. The van der Waals surface area contributed by atoms with Gasteiger partial charge in [0.1, 0.15) is 0 Å². The van der Waals surface area contributed by atoms with Crippen LogP contribution in [0.5, 0.6) is 0 Å². The van der Waals surface area contributed by atoms with Gasteiger partial charge in [-0.15, -0.1) is 0 Å². The van der Waals surface area contributed by atoms with Crippen molar-refractivity contribution in [2.24, 2.45) is 0 Å². The van der Waals surface area contributed by atoms with Gasteiger partial charge >= 0.3 is 0 Å². The summed E-state index contributed by atoms with van der Waals surface area (Å²) in [4.78, 5) is 27.1. The van der Waals surface area contributed by atoms with Crippen LogP contribution >= 0.6 is 46.4 Å². The van der Waals surface area contributed by atoms with Gasteiger partial charge in [0.2, 0.25) is 0 Å². The fourth-order valence-corrected chi connectivity index (χ4v) is 5.97. The van der Waals surface area contributed by atoms with Crippen LogP contribution < -0.4 is 0 Å². The molecule has 2 aliphatic rings. The molecule has 0 spiro atoms. The highest BCUT2D eigenvalue weighted by Crippen LogP contribution is 2.50. The molecule has 164 valence electrons. The molecule has 0 saturated heterocycles. The highest BCUT2D eigenvalue weighted by molar-refractivity contribution is 6.43. The van der Waals surface area contributed by atoms with Gasteiger partial charge in [-0.05, 0) is 57.7 Å². The van der Waals surface area contributed by atoms with E-state index in [0.29, 0.717) is 64.6 Å². The third-order valence-electron chi connectivity index (χ3n) is 6.29. The molecule has 4 aromatic carbocycles. The number of fused-ring (bicyclic) bond motifs is 4. The first-order valence-corrected chi connectivity index (χ1v) is 11.9. The first-order valence-electron chi connectivity index (χ1n) is 10.4. The Morgan fingerprint density at radius 3 is 0.853 bits per heavy atom. The number of rotatable bonds is 0. The maximum absolute atomic E-state index is 13.5. The third-order valence-corrected chi connectivity index (χ3v) is 7.55. The minimum absolute atomic E-state index is 0.241. The van der Waals surface area contributed by atoms with Crippen molar-refractivity contribution < 1.29 is 9.59 Å². The maximum Gasteiger partial charge on any atom is 0.197 e. The van der Waals surface area contributed by atoms with Crippen LogP contribution in [0.1, 0.15) is 54.1 Å². The Labute approximate surface area is 215 Å². The van der Waals surface area contributed by atoms with Crippen LogP contribution in [0.2, 0.25) is 20.1 Å². The van der Waals surface area contributed by atoms with E-state index in [1.807, 2.05) is 24.3 Å². The van der Waals surface area contributed by atoms with Crippen molar-refractivity contribution in [2.45, 2.75) is 0 Å². The quantitative estimate of drug-likeness (QED) is 0.201.